The molecule has 0 heterocycles. The van der Waals surface area contributed by atoms with Gasteiger partial charge in [0.2, 0.25) is 5.91 Å². The third kappa shape index (κ3) is 4.91. The van der Waals surface area contributed by atoms with Gasteiger partial charge in [-0.15, -0.1) is 0 Å². The van der Waals surface area contributed by atoms with Crippen LogP contribution in [-0.4, -0.2) is 30.0 Å². The van der Waals surface area contributed by atoms with Gasteiger partial charge in [0.15, 0.2) is 0 Å². The van der Waals surface area contributed by atoms with E-state index in [9.17, 15) is 14.7 Å². The summed E-state index contributed by atoms with van der Waals surface area (Å²) in [5, 5.41) is 15.0. The summed E-state index contributed by atoms with van der Waals surface area (Å²) in [5.41, 5.74) is 0.375. The molecule has 0 bridgehead atoms. The number of carbonyl (C=O) groups is 2. The van der Waals surface area contributed by atoms with Gasteiger partial charge in [0, 0.05) is 25.1 Å². The zero-order chi connectivity index (χ0) is 15.9. The predicted octanol–water partition coefficient (Wildman–Crippen LogP) is 2.47. The van der Waals surface area contributed by atoms with E-state index in [2.05, 4.69) is 10.6 Å². The summed E-state index contributed by atoms with van der Waals surface area (Å²) in [6.45, 7) is 0.761. The molecule has 120 valence electrons. The molecule has 1 fully saturated rings. The van der Waals surface area contributed by atoms with Crippen LogP contribution in [0.1, 0.15) is 42.5 Å². The van der Waals surface area contributed by atoms with Gasteiger partial charge in [0.1, 0.15) is 5.75 Å². The maximum atomic E-state index is 11.9. The normalized spacial score (nSPS) is 14.8. The molecule has 0 aromatic heterocycles. The van der Waals surface area contributed by atoms with Gasteiger partial charge in [0.05, 0.1) is 5.02 Å². The van der Waals surface area contributed by atoms with E-state index in [-0.39, 0.29) is 22.6 Å². The van der Waals surface area contributed by atoms with Crippen molar-refractivity contribution in [2.45, 2.75) is 32.1 Å². The van der Waals surface area contributed by atoms with Crippen molar-refractivity contribution < 1.29 is 14.7 Å². The third-order valence-electron chi connectivity index (χ3n) is 3.89. The van der Waals surface area contributed by atoms with Crippen molar-refractivity contribution >= 4 is 23.4 Å². The molecule has 0 spiro atoms. The van der Waals surface area contributed by atoms with Crippen LogP contribution in [-0.2, 0) is 4.79 Å². The average Bonchev–Trinajstić information content (AvgIpc) is 2.99. The SMILES string of the molecule is O=C(CC1CCCC1)NCCNC(=O)c1ccc(O)c(Cl)c1. The van der Waals surface area contributed by atoms with Gasteiger partial charge < -0.3 is 15.7 Å². The van der Waals surface area contributed by atoms with Gasteiger partial charge in [-0.2, -0.15) is 0 Å². The standard InChI is InChI=1S/C16H21ClN2O3/c17-13-10-12(5-6-14(13)20)16(22)19-8-7-18-15(21)9-11-3-1-2-4-11/h5-6,10-11,20H,1-4,7-9H2,(H,18,21)(H,19,22). The molecule has 3 N–H and O–H groups in total. The van der Waals surface area contributed by atoms with E-state index in [1.165, 1.54) is 31.0 Å². The Balaban J connectivity index is 1.66. The molecule has 1 aliphatic rings. The molecule has 1 saturated carbocycles. The lowest BCUT2D eigenvalue weighted by atomic mass is 10.0. The summed E-state index contributed by atoms with van der Waals surface area (Å²) >= 11 is 5.75. The smallest absolute Gasteiger partial charge is 0.251 e. The summed E-state index contributed by atoms with van der Waals surface area (Å²) in [4.78, 5) is 23.6. The number of rotatable bonds is 6. The van der Waals surface area contributed by atoms with Crippen molar-refractivity contribution in [1.29, 1.82) is 0 Å². The first-order valence-corrected chi connectivity index (χ1v) is 7.97. The predicted molar refractivity (Wildman–Crippen MR) is 85.0 cm³/mol. The van der Waals surface area contributed by atoms with Crippen LogP contribution in [0.5, 0.6) is 5.75 Å². The van der Waals surface area contributed by atoms with Crippen LogP contribution in [0.25, 0.3) is 0 Å². The number of phenols is 1. The van der Waals surface area contributed by atoms with Crippen LogP contribution in [0.4, 0.5) is 0 Å². The Hall–Kier alpha value is -1.75. The second-order valence-electron chi connectivity index (χ2n) is 5.63. The highest BCUT2D eigenvalue weighted by atomic mass is 35.5. The number of hydrogen-bond acceptors (Lipinski definition) is 3. The Morgan fingerprint density at radius 1 is 1.18 bits per heavy atom. The molecule has 0 saturated heterocycles. The summed E-state index contributed by atoms with van der Waals surface area (Å²) in [6, 6.07) is 4.28. The van der Waals surface area contributed by atoms with E-state index in [4.69, 9.17) is 11.6 Å². The Morgan fingerprint density at radius 3 is 2.55 bits per heavy atom. The van der Waals surface area contributed by atoms with E-state index < -0.39 is 0 Å². The van der Waals surface area contributed by atoms with Gasteiger partial charge in [-0.25, -0.2) is 0 Å². The number of aromatic hydroxyl groups is 1. The number of carbonyl (C=O) groups excluding carboxylic acids is 2. The minimum atomic E-state index is -0.285. The fourth-order valence-electron chi connectivity index (χ4n) is 2.68. The van der Waals surface area contributed by atoms with Gasteiger partial charge in [0.25, 0.3) is 5.91 Å². The Bertz CT molecular complexity index is 542. The number of benzene rings is 1. The lowest BCUT2D eigenvalue weighted by molar-refractivity contribution is -0.121. The molecular weight excluding hydrogens is 304 g/mol. The molecule has 5 nitrogen and oxygen atoms in total. The van der Waals surface area contributed by atoms with Crippen LogP contribution >= 0.6 is 11.6 Å². The van der Waals surface area contributed by atoms with Gasteiger partial charge >= 0.3 is 0 Å². The second kappa shape index (κ2) is 8.03. The lowest BCUT2D eigenvalue weighted by Gasteiger charge is -2.10. The van der Waals surface area contributed by atoms with Gasteiger partial charge in [-0.05, 0) is 37.0 Å². The fraction of sp³-hybridized carbons (Fsp3) is 0.500. The molecule has 0 unspecified atom stereocenters. The first kappa shape index (κ1) is 16.6. The van der Waals surface area contributed by atoms with Crippen molar-refractivity contribution in [3.05, 3.63) is 28.8 Å². The number of nitrogens with one attached hydrogen (secondary N) is 2. The van der Waals surface area contributed by atoms with Gasteiger partial charge in [-0.3, -0.25) is 9.59 Å². The summed E-state index contributed by atoms with van der Waals surface area (Å²) < 4.78 is 0. The summed E-state index contributed by atoms with van der Waals surface area (Å²) in [7, 11) is 0. The molecule has 2 rings (SSSR count). The molecular formula is C16H21ClN2O3. The zero-order valence-electron chi connectivity index (χ0n) is 12.4. The van der Waals surface area contributed by atoms with E-state index in [0.29, 0.717) is 31.0 Å². The highest BCUT2D eigenvalue weighted by molar-refractivity contribution is 6.32. The van der Waals surface area contributed by atoms with Crippen LogP contribution < -0.4 is 10.6 Å². The number of amides is 2. The maximum absolute atomic E-state index is 11.9. The summed E-state index contributed by atoms with van der Waals surface area (Å²) in [5.74, 6) is 0.229. The first-order valence-electron chi connectivity index (χ1n) is 7.59. The minimum Gasteiger partial charge on any atom is -0.506 e. The molecule has 2 amide bonds. The summed E-state index contributed by atoms with van der Waals surface area (Å²) in [6.07, 6.45) is 5.32. The monoisotopic (exact) mass is 324 g/mol. The Labute approximate surface area is 135 Å². The Kier molecular flexibility index (Phi) is 6.07. The van der Waals surface area contributed by atoms with E-state index in [1.807, 2.05) is 0 Å². The fourth-order valence-corrected chi connectivity index (χ4v) is 2.86. The van der Waals surface area contributed by atoms with Crippen molar-refractivity contribution in [3.8, 4) is 5.75 Å². The van der Waals surface area contributed by atoms with Crippen molar-refractivity contribution in [2.75, 3.05) is 13.1 Å². The Morgan fingerprint density at radius 2 is 1.86 bits per heavy atom. The zero-order valence-corrected chi connectivity index (χ0v) is 13.2. The quantitative estimate of drug-likeness (QED) is 0.703. The van der Waals surface area contributed by atoms with Crippen LogP contribution in [0.15, 0.2) is 18.2 Å². The van der Waals surface area contributed by atoms with E-state index in [1.54, 1.807) is 0 Å². The van der Waals surface area contributed by atoms with E-state index >= 15 is 0 Å². The molecule has 1 aromatic carbocycles. The largest absolute Gasteiger partial charge is 0.506 e. The molecule has 0 atom stereocenters. The topological polar surface area (TPSA) is 78.4 Å². The second-order valence-corrected chi connectivity index (χ2v) is 6.03. The van der Waals surface area contributed by atoms with Crippen molar-refractivity contribution in [2.24, 2.45) is 5.92 Å². The molecule has 0 radical (unpaired) electrons. The average molecular weight is 325 g/mol. The molecule has 1 aliphatic carbocycles. The highest BCUT2D eigenvalue weighted by Crippen LogP contribution is 2.27. The number of hydrogen-bond donors (Lipinski definition) is 3. The van der Waals surface area contributed by atoms with Crippen LogP contribution in [0.2, 0.25) is 5.02 Å². The van der Waals surface area contributed by atoms with Gasteiger partial charge in [-0.1, -0.05) is 24.4 Å². The number of phenolic OH excluding ortho intramolecular Hbond substituents is 1. The first-order chi connectivity index (χ1) is 10.6. The molecule has 22 heavy (non-hydrogen) atoms. The molecule has 1 aromatic rings. The highest BCUT2D eigenvalue weighted by Gasteiger charge is 2.18. The maximum Gasteiger partial charge on any atom is 0.251 e. The van der Waals surface area contributed by atoms with E-state index in [0.717, 1.165) is 12.8 Å². The van der Waals surface area contributed by atoms with Crippen LogP contribution in [0.3, 0.4) is 0 Å². The van der Waals surface area contributed by atoms with Crippen LogP contribution in [0, 0.1) is 5.92 Å². The minimum absolute atomic E-state index is 0.0498. The molecule has 0 aliphatic heterocycles. The molecule has 6 heteroatoms. The lowest BCUT2D eigenvalue weighted by Crippen LogP contribution is -2.35. The van der Waals surface area contributed by atoms with Crippen molar-refractivity contribution in [1.82, 2.24) is 10.6 Å². The third-order valence-corrected chi connectivity index (χ3v) is 4.19. The van der Waals surface area contributed by atoms with Crippen molar-refractivity contribution in [3.63, 3.8) is 0 Å². The number of halogens is 1.